The molecule has 0 saturated carbocycles. The molecule has 0 aromatic heterocycles. The average Bonchev–Trinajstić information content (AvgIpc) is 2.69. The third kappa shape index (κ3) is 4.02. The molecule has 26 heavy (non-hydrogen) atoms. The summed E-state index contributed by atoms with van der Waals surface area (Å²) in [7, 11) is 1.80. The molecule has 1 aliphatic heterocycles. The van der Waals surface area contributed by atoms with E-state index in [0.29, 0.717) is 41.5 Å². The molecule has 1 aliphatic rings. The van der Waals surface area contributed by atoms with Crippen LogP contribution in [0.25, 0.3) is 0 Å². The van der Waals surface area contributed by atoms with Gasteiger partial charge in [-0.05, 0) is 43.2 Å². The Morgan fingerprint density at radius 2 is 1.65 bits per heavy atom. The first-order chi connectivity index (χ1) is 12.5. The second kappa shape index (κ2) is 8.11. The van der Waals surface area contributed by atoms with Crippen LogP contribution in [-0.2, 0) is 4.79 Å². The number of carbonyl (C=O) groups is 2. The highest BCUT2D eigenvalue weighted by Crippen LogP contribution is 2.26. The molecule has 0 radical (unpaired) electrons. The monoisotopic (exact) mass is 390 g/mol. The fourth-order valence-electron chi connectivity index (χ4n) is 3.19. The van der Waals surface area contributed by atoms with Gasteiger partial charge >= 0.3 is 0 Å². The second-order valence-corrected chi connectivity index (χ2v) is 7.24. The third-order valence-electron chi connectivity index (χ3n) is 4.77. The van der Waals surface area contributed by atoms with E-state index in [9.17, 15) is 9.59 Å². The number of hydrogen-bond donors (Lipinski definition) is 0. The summed E-state index contributed by atoms with van der Waals surface area (Å²) in [5, 5.41) is 0.795. The number of likely N-dealkylation sites (tertiary alicyclic amines) is 1. The number of benzene rings is 2. The number of halogens is 2. The number of anilines is 1. The van der Waals surface area contributed by atoms with Gasteiger partial charge in [0.1, 0.15) is 0 Å². The van der Waals surface area contributed by atoms with Crippen molar-refractivity contribution in [2.45, 2.75) is 12.8 Å². The van der Waals surface area contributed by atoms with Crippen LogP contribution in [0.5, 0.6) is 0 Å². The van der Waals surface area contributed by atoms with E-state index < -0.39 is 0 Å². The summed E-state index contributed by atoms with van der Waals surface area (Å²) in [5.74, 6) is -0.0539. The van der Waals surface area contributed by atoms with Crippen LogP contribution in [0.4, 0.5) is 5.69 Å². The normalized spacial score (nSPS) is 15.0. The molecule has 6 heteroatoms. The number of piperidine rings is 1. The first kappa shape index (κ1) is 18.7. The maximum absolute atomic E-state index is 12.7. The molecular weight excluding hydrogens is 371 g/mol. The zero-order valence-corrected chi connectivity index (χ0v) is 16.0. The Hall–Kier alpha value is -2.04. The number of hydrogen-bond acceptors (Lipinski definition) is 2. The summed E-state index contributed by atoms with van der Waals surface area (Å²) in [6.45, 7) is 1.11. The van der Waals surface area contributed by atoms with Gasteiger partial charge in [-0.25, -0.2) is 0 Å². The first-order valence-corrected chi connectivity index (χ1v) is 9.30. The summed E-state index contributed by atoms with van der Waals surface area (Å²) >= 11 is 11.9. The zero-order valence-electron chi connectivity index (χ0n) is 14.5. The van der Waals surface area contributed by atoms with E-state index >= 15 is 0 Å². The van der Waals surface area contributed by atoms with Crippen molar-refractivity contribution in [1.82, 2.24) is 4.90 Å². The summed E-state index contributed by atoms with van der Waals surface area (Å²) in [5.41, 5.74) is 1.40. The largest absolute Gasteiger partial charge is 0.339 e. The van der Waals surface area contributed by atoms with Gasteiger partial charge in [0.25, 0.3) is 5.91 Å². The Balaban J connectivity index is 1.61. The SMILES string of the molecule is CN(C(=O)C1CCN(C(=O)c2ccc(Cl)c(Cl)c2)CC1)c1ccccc1. The minimum absolute atomic E-state index is 0.0712. The highest BCUT2D eigenvalue weighted by Gasteiger charge is 2.30. The lowest BCUT2D eigenvalue weighted by Crippen LogP contribution is -2.43. The Morgan fingerprint density at radius 1 is 1.00 bits per heavy atom. The van der Waals surface area contributed by atoms with Gasteiger partial charge in [-0.2, -0.15) is 0 Å². The predicted molar refractivity (Wildman–Crippen MR) is 105 cm³/mol. The standard InChI is InChI=1S/C20H20Cl2N2O2/c1-23(16-5-3-2-4-6-16)19(25)14-9-11-24(12-10-14)20(26)15-7-8-17(21)18(22)13-15/h2-8,13-14H,9-12H2,1H3. The molecule has 0 atom stereocenters. The van der Waals surface area contributed by atoms with Crippen LogP contribution < -0.4 is 4.90 Å². The molecule has 2 aromatic carbocycles. The molecule has 1 heterocycles. The van der Waals surface area contributed by atoms with Gasteiger partial charge < -0.3 is 9.80 Å². The van der Waals surface area contributed by atoms with E-state index in [1.807, 2.05) is 30.3 Å². The molecule has 0 N–H and O–H groups in total. The molecule has 0 aliphatic carbocycles. The quantitative estimate of drug-likeness (QED) is 0.773. The van der Waals surface area contributed by atoms with Crippen molar-refractivity contribution >= 4 is 40.7 Å². The Bertz CT molecular complexity index is 803. The van der Waals surface area contributed by atoms with Crippen LogP contribution in [-0.4, -0.2) is 36.9 Å². The predicted octanol–water partition coefficient (Wildman–Crippen LogP) is 4.51. The molecule has 1 fully saturated rings. The van der Waals surface area contributed by atoms with Gasteiger partial charge in [0.05, 0.1) is 10.0 Å². The highest BCUT2D eigenvalue weighted by atomic mass is 35.5. The fourth-order valence-corrected chi connectivity index (χ4v) is 3.49. The molecule has 0 spiro atoms. The molecule has 4 nitrogen and oxygen atoms in total. The van der Waals surface area contributed by atoms with Crippen molar-refractivity contribution in [1.29, 1.82) is 0 Å². The lowest BCUT2D eigenvalue weighted by molar-refractivity contribution is -0.123. The van der Waals surface area contributed by atoms with Gasteiger partial charge in [0, 0.05) is 37.3 Å². The van der Waals surface area contributed by atoms with Gasteiger partial charge in [-0.3, -0.25) is 9.59 Å². The minimum atomic E-state index is -0.0779. The van der Waals surface area contributed by atoms with Crippen LogP contribution in [0.2, 0.25) is 10.0 Å². The van der Waals surface area contributed by atoms with E-state index in [-0.39, 0.29) is 17.7 Å². The minimum Gasteiger partial charge on any atom is -0.339 e. The third-order valence-corrected chi connectivity index (χ3v) is 5.51. The summed E-state index contributed by atoms with van der Waals surface area (Å²) in [4.78, 5) is 28.8. The first-order valence-electron chi connectivity index (χ1n) is 8.54. The van der Waals surface area contributed by atoms with Crippen molar-refractivity contribution in [3.63, 3.8) is 0 Å². The molecule has 1 saturated heterocycles. The van der Waals surface area contributed by atoms with Crippen molar-refractivity contribution < 1.29 is 9.59 Å². The molecular formula is C20H20Cl2N2O2. The van der Waals surface area contributed by atoms with Crippen LogP contribution in [0.1, 0.15) is 23.2 Å². The van der Waals surface area contributed by atoms with Gasteiger partial charge in [-0.15, -0.1) is 0 Å². The van der Waals surface area contributed by atoms with Crippen LogP contribution >= 0.6 is 23.2 Å². The molecule has 2 aromatic rings. The van der Waals surface area contributed by atoms with Crippen molar-refractivity contribution in [2.24, 2.45) is 5.92 Å². The van der Waals surface area contributed by atoms with E-state index in [2.05, 4.69) is 0 Å². The topological polar surface area (TPSA) is 40.6 Å². The zero-order chi connectivity index (χ0) is 18.7. The Kier molecular flexibility index (Phi) is 5.84. The lowest BCUT2D eigenvalue weighted by Gasteiger charge is -2.33. The van der Waals surface area contributed by atoms with Crippen LogP contribution in [0.3, 0.4) is 0 Å². The van der Waals surface area contributed by atoms with Gasteiger partial charge in [0.15, 0.2) is 0 Å². The summed E-state index contributed by atoms with van der Waals surface area (Å²) in [6, 6.07) is 14.5. The fraction of sp³-hybridized carbons (Fsp3) is 0.300. The number of nitrogens with zero attached hydrogens (tertiary/aromatic N) is 2. The van der Waals surface area contributed by atoms with Crippen molar-refractivity contribution in [2.75, 3.05) is 25.0 Å². The second-order valence-electron chi connectivity index (χ2n) is 6.43. The number of amides is 2. The molecule has 3 rings (SSSR count). The van der Waals surface area contributed by atoms with E-state index in [0.717, 1.165) is 5.69 Å². The Labute approximate surface area is 163 Å². The highest BCUT2D eigenvalue weighted by molar-refractivity contribution is 6.42. The lowest BCUT2D eigenvalue weighted by atomic mass is 9.94. The smallest absolute Gasteiger partial charge is 0.253 e. The van der Waals surface area contributed by atoms with Gasteiger partial charge in [0.2, 0.25) is 5.91 Å². The summed E-state index contributed by atoms with van der Waals surface area (Å²) in [6.07, 6.45) is 1.31. The number of para-hydroxylation sites is 1. The van der Waals surface area contributed by atoms with E-state index in [1.54, 1.807) is 35.0 Å². The molecule has 136 valence electrons. The van der Waals surface area contributed by atoms with Crippen molar-refractivity contribution in [3.8, 4) is 0 Å². The van der Waals surface area contributed by atoms with E-state index in [1.165, 1.54) is 0 Å². The van der Waals surface area contributed by atoms with Crippen LogP contribution in [0.15, 0.2) is 48.5 Å². The Morgan fingerprint density at radius 3 is 2.27 bits per heavy atom. The number of rotatable bonds is 3. The average molecular weight is 391 g/mol. The van der Waals surface area contributed by atoms with E-state index in [4.69, 9.17) is 23.2 Å². The molecule has 0 bridgehead atoms. The van der Waals surface area contributed by atoms with Gasteiger partial charge in [-0.1, -0.05) is 41.4 Å². The maximum atomic E-state index is 12.7. The number of carbonyl (C=O) groups excluding carboxylic acids is 2. The molecule has 2 amide bonds. The maximum Gasteiger partial charge on any atom is 0.253 e. The van der Waals surface area contributed by atoms with Crippen LogP contribution in [0, 0.1) is 5.92 Å². The molecule has 0 unspecified atom stereocenters. The van der Waals surface area contributed by atoms with Crippen molar-refractivity contribution in [3.05, 3.63) is 64.1 Å². The summed E-state index contributed by atoms with van der Waals surface area (Å²) < 4.78 is 0.